The molecule has 0 amide bonds. The number of hydrogen-bond donors (Lipinski definition) is 2. The zero-order valence-corrected chi connectivity index (χ0v) is 8.20. The highest BCUT2D eigenvalue weighted by molar-refractivity contribution is 5.83. The van der Waals surface area contributed by atoms with Crippen LogP contribution >= 0.6 is 0 Å². The van der Waals surface area contributed by atoms with Crippen molar-refractivity contribution in [2.45, 2.75) is 0 Å². The smallest absolute Gasteiger partial charge is 0.0606 e. The van der Waals surface area contributed by atoms with E-state index in [2.05, 4.69) is 23.2 Å². The van der Waals surface area contributed by atoms with E-state index in [4.69, 9.17) is 5.11 Å². The highest BCUT2D eigenvalue weighted by Gasteiger charge is 2.01. The van der Waals surface area contributed by atoms with Gasteiger partial charge >= 0.3 is 0 Å². The molecule has 0 atom stereocenters. The summed E-state index contributed by atoms with van der Waals surface area (Å²) in [7, 11) is 1.98. The van der Waals surface area contributed by atoms with Crippen molar-refractivity contribution in [3.63, 3.8) is 0 Å². The third-order valence-electron chi connectivity index (χ3n) is 2.41. The Hall–Kier alpha value is -1.48. The standard InChI is InChI=1S/C11H14N2O/c1-13(6-7-14)10-2-3-11-9(8-10)4-5-12-11/h2-5,8,12,14H,6-7H2,1H3. The van der Waals surface area contributed by atoms with Crippen molar-refractivity contribution in [3.05, 3.63) is 30.5 Å². The predicted octanol–water partition coefficient (Wildman–Crippen LogP) is 1.60. The summed E-state index contributed by atoms with van der Waals surface area (Å²) in [6, 6.07) is 8.26. The number of aromatic amines is 1. The maximum Gasteiger partial charge on any atom is 0.0606 e. The van der Waals surface area contributed by atoms with Crippen molar-refractivity contribution in [2.24, 2.45) is 0 Å². The molecule has 0 saturated heterocycles. The van der Waals surface area contributed by atoms with E-state index in [0.717, 1.165) is 11.2 Å². The Morgan fingerprint density at radius 1 is 1.36 bits per heavy atom. The minimum absolute atomic E-state index is 0.182. The van der Waals surface area contributed by atoms with Gasteiger partial charge in [-0.15, -0.1) is 0 Å². The van der Waals surface area contributed by atoms with Crippen LogP contribution in [0.15, 0.2) is 30.5 Å². The molecular formula is C11H14N2O. The van der Waals surface area contributed by atoms with Crippen molar-refractivity contribution in [3.8, 4) is 0 Å². The van der Waals surface area contributed by atoms with Crippen molar-refractivity contribution in [1.29, 1.82) is 0 Å². The number of aromatic nitrogens is 1. The van der Waals surface area contributed by atoms with Gasteiger partial charge in [0.1, 0.15) is 0 Å². The molecule has 0 aliphatic carbocycles. The molecule has 0 unspecified atom stereocenters. The monoisotopic (exact) mass is 190 g/mol. The summed E-state index contributed by atoms with van der Waals surface area (Å²) in [6.07, 6.45) is 1.93. The lowest BCUT2D eigenvalue weighted by molar-refractivity contribution is 0.304. The SMILES string of the molecule is CN(CCO)c1ccc2[nH]ccc2c1. The highest BCUT2D eigenvalue weighted by Crippen LogP contribution is 2.19. The minimum Gasteiger partial charge on any atom is -0.395 e. The molecule has 14 heavy (non-hydrogen) atoms. The number of anilines is 1. The van der Waals surface area contributed by atoms with Crippen molar-refractivity contribution < 1.29 is 5.11 Å². The van der Waals surface area contributed by atoms with Crippen LogP contribution in [-0.4, -0.2) is 30.3 Å². The maximum absolute atomic E-state index is 8.82. The second-order valence-electron chi connectivity index (χ2n) is 3.39. The average molecular weight is 190 g/mol. The largest absolute Gasteiger partial charge is 0.395 e. The molecule has 0 saturated carbocycles. The summed E-state index contributed by atoms with van der Waals surface area (Å²) in [5.41, 5.74) is 2.28. The Morgan fingerprint density at radius 2 is 2.21 bits per heavy atom. The van der Waals surface area contributed by atoms with Gasteiger partial charge in [-0.05, 0) is 24.3 Å². The Kier molecular flexibility index (Phi) is 2.41. The first-order chi connectivity index (χ1) is 6.81. The molecule has 0 spiro atoms. The van der Waals surface area contributed by atoms with Gasteiger partial charge in [-0.25, -0.2) is 0 Å². The predicted molar refractivity (Wildman–Crippen MR) is 58.7 cm³/mol. The molecule has 2 aromatic rings. The molecule has 0 aliphatic rings. The molecule has 74 valence electrons. The molecule has 1 aromatic carbocycles. The van der Waals surface area contributed by atoms with Crippen LogP contribution < -0.4 is 4.90 Å². The van der Waals surface area contributed by atoms with E-state index in [1.165, 1.54) is 5.39 Å². The number of aliphatic hydroxyl groups is 1. The van der Waals surface area contributed by atoms with Gasteiger partial charge in [0.2, 0.25) is 0 Å². The Balaban J connectivity index is 2.33. The van der Waals surface area contributed by atoms with Gasteiger partial charge < -0.3 is 15.0 Å². The number of nitrogens with zero attached hydrogens (tertiary/aromatic N) is 1. The maximum atomic E-state index is 8.82. The van der Waals surface area contributed by atoms with Crippen molar-refractivity contribution in [1.82, 2.24) is 4.98 Å². The fourth-order valence-electron chi connectivity index (χ4n) is 1.56. The molecule has 0 aliphatic heterocycles. The number of H-pyrrole nitrogens is 1. The van der Waals surface area contributed by atoms with Crippen LogP contribution in [0.2, 0.25) is 0 Å². The lowest BCUT2D eigenvalue weighted by Crippen LogP contribution is -2.20. The lowest BCUT2D eigenvalue weighted by atomic mass is 10.2. The summed E-state index contributed by atoms with van der Waals surface area (Å²) < 4.78 is 0. The van der Waals surface area contributed by atoms with E-state index in [9.17, 15) is 0 Å². The van der Waals surface area contributed by atoms with E-state index in [-0.39, 0.29) is 6.61 Å². The second kappa shape index (κ2) is 3.72. The molecular weight excluding hydrogens is 176 g/mol. The summed E-state index contributed by atoms with van der Waals surface area (Å²) >= 11 is 0. The molecule has 2 rings (SSSR count). The first-order valence-corrected chi connectivity index (χ1v) is 4.70. The van der Waals surface area contributed by atoms with Crippen molar-refractivity contribution in [2.75, 3.05) is 25.1 Å². The quantitative estimate of drug-likeness (QED) is 0.771. The summed E-state index contributed by atoms with van der Waals surface area (Å²) in [4.78, 5) is 5.18. The topological polar surface area (TPSA) is 39.3 Å². The van der Waals surface area contributed by atoms with Crippen LogP contribution in [-0.2, 0) is 0 Å². The first kappa shape index (κ1) is 9.09. The van der Waals surface area contributed by atoms with E-state index >= 15 is 0 Å². The van der Waals surface area contributed by atoms with E-state index in [1.54, 1.807) is 0 Å². The zero-order chi connectivity index (χ0) is 9.97. The van der Waals surface area contributed by atoms with Gasteiger partial charge in [0.25, 0.3) is 0 Å². The number of hydrogen-bond acceptors (Lipinski definition) is 2. The van der Waals surface area contributed by atoms with E-state index < -0.39 is 0 Å². The molecule has 2 N–H and O–H groups in total. The zero-order valence-electron chi connectivity index (χ0n) is 8.20. The molecule has 3 heteroatoms. The van der Waals surface area contributed by atoms with E-state index in [1.807, 2.05) is 24.2 Å². The third-order valence-corrected chi connectivity index (χ3v) is 2.41. The van der Waals surface area contributed by atoms with Gasteiger partial charge in [-0.3, -0.25) is 0 Å². The van der Waals surface area contributed by atoms with Crippen LogP contribution in [0.4, 0.5) is 5.69 Å². The van der Waals surface area contributed by atoms with Crippen LogP contribution in [0, 0.1) is 0 Å². The molecule has 3 nitrogen and oxygen atoms in total. The van der Waals surface area contributed by atoms with Crippen LogP contribution in [0.1, 0.15) is 0 Å². The van der Waals surface area contributed by atoms with Gasteiger partial charge in [0.15, 0.2) is 0 Å². The van der Waals surface area contributed by atoms with Gasteiger partial charge in [-0.1, -0.05) is 0 Å². The number of aliphatic hydroxyl groups excluding tert-OH is 1. The summed E-state index contributed by atoms with van der Waals surface area (Å²) in [5.74, 6) is 0. The fraction of sp³-hybridized carbons (Fsp3) is 0.273. The van der Waals surface area contributed by atoms with E-state index in [0.29, 0.717) is 6.54 Å². The van der Waals surface area contributed by atoms with Gasteiger partial charge in [-0.2, -0.15) is 0 Å². The van der Waals surface area contributed by atoms with Crippen LogP contribution in [0.5, 0.6) is 0 Å². The van der Waals surface area contributed by atoms with Gasteiger partial charge in [0.05, 0.1) is 6.61 Å². The first-order valence-electron chi connectivity index (χ1n) is 4.70. The third kappa shape index (κ3) is 1.59. The summed E-state index contributed by atoms with van der Waals surface area (Å²) in [6.45, 7) is 0.845. The fourth-order valence-corrected chi connectivity index (χ4v) is 1.56. The molecule has 1 aromatic heterocycles. The normalized spacial score (nSPS) is 10.7. The number of likely N-dealkylation sites (N-methyl/N-ethyl adjacent to an activating group) is 1. The number of nitrogens with one attached hydrogen (secondary N) is 1. The Labute approximate surface area is 83.0 Å². The van der Waals surface area contributed by atoms with Crippen molar-refractivity contribution >= 4 is 16.6 Å². The number of fused-ring (bicyclic) bond motifs is 1. The van der Waals surface area contributed by atoms with Crippen LogP contribution in [0.3, 0.4) is 0 Å². The molecule has 1 heterocycles. The molecule has 0 fully saturated rings. The molecule has 0 bridgehead atoms. The van der Waals surface area contributed by atoms with Gasteiger partial charge in [0, 0.05) is 36.4 Å². The average Bonchev–Trinajstić information content (AvgIpc) is 2.64. The Morgan fingerprint density at radius 3 is 3.00 bits per heavy atom. The Bertz CT molecular complexity index is 422. The molecule has 0 radical (unpaired) electrons. The second-order valence-corrected chi connectivity index (χ2v) is 3.39. The highest BCUT2D eigenvalue weighted by atomic mass is 16.3. The van der Waals surface area contributed by atoms with Crippen LogP contribution in [0.25, 0.3) is 10.9 Å². The minimum atomic E-state index is 0.182. The summed E-state index contributed by atoms with van der Waals surface area (Å²) in [5, 5.41) is 10.0. The number of rotatable bonds is 3. The lowest BCUT2D eigenvalue weighted by Gasteiger charge is -2.17. The number of benzene rings is 1.